The van der Waals surface area contributed by atoms with Crippen molar-refractivity contribution in [2.45, 2.75) is 0 Å². The summed E-state index contributed by atoms with van der Waals surface area (Å²) in [4.78, 5) is 22.2. The van der Waals surface area contributed by atoms with Crippen molar-refractivity contribution in [3.05, 3.63) is 81.8 Å². The molecule has 0 radical (unpaired) electrons. The lowest BCUT2D eigenvalue weighted by molar-refractivity contribution is -0.384. The van der Waals surface area contributed by atoms with Crippen LogP contribution < -0.4 is 5.43 Å². The largest absolute Gasteiger partial charge is 0.289 e. The predicted molar refractivity (Wildman–Crippen MR) is 92.1 cm³/mol. The van der Waals surface area contributed by atoms with E-state index in [0.717, 1.165) is 0 Å². The number of hydrogen-bond donors (Lipinski definition) is 2. The van der Waals surface area contributed by atoms with Crippen LogP contribution in [0.15, 0.2) is 59.7 Å². The molecule has 130 valence electrons. The van der Waals surface area contributed by atoms with Crippen LogP contribution in [-0.4, -0.2) is 27.2 Å². The summed E-state index contributed by atoms with van der Waals surface area (Å²) < 4.78 is 12.9. The number of nitrogens with one attached hydrogen (secondary N) is 2. The minimum atomic E-state index is -0.535. The molecule has 0 atom stereocenters. The fourth-order valence-corrected chi connectivity index (χ4v) is 2.15. The number of carbonyl (C=O) groups is 1. The lowest BCUT2D eigenvalue weighted by atomic mass is 10.1. The second kappa shape index (κ2) is 7.34. The van der Waals surface area contributed by atoms with Crippen molar-refractivity contribution in [3.63, 3.8) is 0 Å². The lowest BCUT2D eigenvalue weighted by Crippen LogP contribution is -2.18. The maximum absolute atomic E-state index is 12.9. The van der Waals surface area contributed by atoms with Gasteiger partial charge in [-0.15, -0.1) is 0 Å². The summed E-state index contributed by atoms with van der Waals surface area (Å²) in [5.74, 6) is -0.898. The molecule has 3 rings (SSSR count). The van der Waals surface area contributed by atoms with Crippen molar-refractivity contribution in [3.8, 4) is 11.3 Å². The molecule has 1 amide bonds. The van der Waals surface area contributed by atoms with Crippen LogP contribution in [0.2, 0.25) is 0 Å². The zero-order valence-electron chi connectivity index (χ0n) is 13.2. The molecule has 2 N–H and O–H groups in total. The van der Waals surface area contributed by atoms with Crippen LogP contribution in [0.3, 0.4) is 0 Å². The van der Waals surface area contributed by atoms with E-state index < -0.39 is 10.8 Å². The van der Waals surface area contributed by atoms with E-state index in [4.69, 9.17) is 0 Å². The molecule has 0 fully saturated rings. The van der Waals surface area contributed by atoms with Crippen LogP contribution in [0.1, 0.15) is 16.1 Å². The Kier molecular flexibility index (Phi) is 4.79. The SMILES string of the molecule is O=C(NN=Cc1cccc([N+](=O)[O-])c1)c1cc(-c2ccc(F)cc2)n[nH]1. The lowest BCUT2D eigenvalue weighted by Gasteiger charge is -1.96. The number of benzene rings is 2. The molecule has 0 saturated heterocycles. The van der Waals surface area contributed by atoms with Crippen molar-refractivity contribution < 1.29 is 14.1 Å². The van der Waals surface area contributed by atoms with Crippen LogP contribution in [-0.2, 0) is 0 Å². The second-order valence-corrected chi connectivity index (χ2v) is 5.22. The molecular weight excluding hydrogens is 341 g/mol. The van der Waals surface area contributed by atoms with Gasteiger partial charge in [0.1, 0.15) is 11.5 Å². The fourth-order valence-electron chi connectivity index (χ4n) is 2.15. The number of H-pyrrole nitrogens is 1. The first-order chi connectivity index (χ1) is 12.5. The number of nitro groups is 1. The summed E-state index contributed by atoms with van der Waals surface area (Å²) in [5, 5.41) is 21.1. The second-order valence-electron chi connectivity index (χ2n) is 5.22. The third-order valence-corrected chi connectivity index (χ3v) is 3.42. The summed E-state index contributed by atoms with van der Waals surface area (Å²) >= 11 is 0. The van der Waals surface area contributed by atoms with Crippen molar-refractivity contribution >= 4 is 17.8 Å². The topological polar surface area (TPSA) is 113 Å². The summed E-state index contributed by atoms with van der Waals surface area (Å²) in [6.07, 6.45) is 1.29. The smallest absolute Gasteiger partial charge is 0.272 e. The molecule has 8 nitrogen and oxygen atoms in total. The molecule has 26 heavy (non-hydrogen) atoms. The number of aromatic nitrogens is 2. The van der Waals surface area contributed by atoms with Crippen LogP contribution >= 0.6 is 0 Å². The van der Waals surface area contributed by atoms with E-state index in [1.54, 1.807) is 18.2 Å². The first-order valence-electron chi connectivity index (χ1n) is 7.42. The summed E-state index contributed by atoms with van der Waals surface area (Å²) in [5.41, 5.74) is 4.00. The molecule has 3 aromatic rings. The Hall–Kier alpha value is -3.88. The van der Waals surface area contributed by atoms with E-state index in [1.165, 1.54) is 42.6 Å². The molecule has 0 bridgehead atoms. The van der Waals surface area contributed by atoms with Gasteiger partial charge in [-0.1, -0.05) is 12.1 Å². The van der Waals surface area contributed by atoms with Gasteiger partial charge in [0.2, 0.25) is 0 Å². The summed E-state index contributed by atoms with van der Waals surface area (Å²) in [7, 11) is 0. The molecule has 0 saturated carbocycles. The number of aromatic amines is 1. The number of halogens is 1. The minimum Gasteiger partial charge on any atom is -0.272 e. The summed E-state index contributed by atoms with van der Waals surface area (Å²) in [6, 6.07) is 13.0. The zero-order valence-corrected chi connectivity index (χ0v) is 13.2. The van der Waals surface area contributed by atoms with Crippen LogP contribution in [0.4, 0.5) is 10.1 Å². The molecule has 1 aromatic heterocycles. The number of carbonyl (C=O) groups excluding carboxylic acids is 1. The minimum absolute atomic E-state index is 0.0715. The van der Waals surface area contributed by atoms with Crippen molar-refractivity contribution in [2.24, 2.45) is 5.10 Å². The Morgan fingerprint density at radius 1 is 1.23 bits per heavy atom. The molecule has 1 heterocycles. The van der Waals surface area contributed by atoms with E-state index in [0.29, 0.717) is 16.8 Å². The average molecular weight is 353 g/mol. The van der Waals surface area contributed by atoms with Crippen molar-refractivity contribution in [1.29, 1.82) is 0 Å². The number of hydrogen-bond acceptors (Lipinski definition) is 5. The number of amides is 1. The van der Waals surface area contributed by atoms with Gasteiger partial charge in [-0.05, 0) is 30.3 Å². The van der Waals surface area contributed by atoms with Gasteiger partial charge in [-0.3, -0.25) is 20.0 Å². The molecule has 0 aliphatic rings. The van der Waals surface area contributed by atoms with Crippen LogP contribution in [0.25, 0.3) is 11.3 Å². The molecule has 2 aromatic carbocycles. The predicted octanol–water partition coefficient (Wildman–Crippen LogP) is 2.89. The van der Waals surface area contributed by atoms with Gasteiger partial charge in [0.25, 0.3) is 11.6 Å². The third kappa shape index (κ3) is 3.96. The monoisotopic (exact) mass is 353 g/mol. The summed E-state index contributed by atoms with van der Waals surface area (Å²) in [6.45, 7) is 0. The number of hydrazone groups is 1. The molecule has 9 heteroatoms. The number of nitrogens with zero attached hydrogens (tertiary/aromatic N) is 3. The van der Waals surface area contributed by atoms with Gasteiger partial charge < -0.3 is 0 Å². The highest BCUT2D eigenvalue weighted by molar-refractivity contribution is 5.94. The first kappa shape index (κ1) is 17.0. The maximum atomic E-state index is 12.9. The standard InChI is InChI=1S/C17H12FN5O3/c18-13-6-4-12(5-7-13)15-9-16(21-20-15)17(24)22-19-10-11-2-1-3-14(8-11)23(25)26/h1-10H,(H,20,21)(H,22,24). The van der Waals surface area contributed by atoms with Gasteiger partial charge in [0.05, 0.1) is 16.8 Å². The van der Waals surface area contributed by atoms with Crippen molar-refractivity contribution in [2.75, 3.05) is 0 Å². The van der Waals surface area contributed by atoms with E-state index in [9.17, 15) is 19.3 Å². The van der Waals surface area contributed by atoms with Gasteiger partial charge in [-0.2, -0.15) is 10.2 Å². The van der Waals surface area contributed by atoms with E-state index >= 15 is 0 Å². The zero-order chi connectivity index (χ0) is 18.5. The maximum Gasteiger partial charge on any atom is 0.289 e. The number of nitro benzene ring substituents is 1. The highest BCUT2D eigenvalue weighted by Crippen LogP contribution is 2.18. The molecule has 0 aliphatic heterocycles. The van der Waals surface area contributed by atoms with E-state index in [-0.39, 0.29) is 17.2 Å². The molecular formula is C17H12FN5O3. The quantitative estimate of drug-likeness (QED) is 0.417. The van der Waals surface area contributed by atoms with E-state index in [2.05, 4.69) is 20.7 Å². The van der Waals surface area contributed by atoms with E-state index in [1.807, 2.05) is 0 Å². The Bertz CT molecular complexity index is 982. The normalized spacial score (nSPS) is 10.8. The van der Waals surface area contributed by atoms with Gasteiger partial charge in [0.15, 0.2) is 0 Å². The Labute approximate surface area is 146 Å². The van der Waals surface area contributed by atoms with Gasteiger partial charge in [0, 0.05) is 23.3 Å². The van der Waals surface area contributed by atoms with Crippen LogP contribution in [0, 0.1) is 15.9 Å². The first-order valence-corrected chi connectivity index (χ1v) is 7.42. The fraction of sp³-hybridized carbons (Fsp3) is 0. The highest BCUT2D eigenvalue weighted by Gasteiger charge is 2.10. The molecule has 0 spiro atoms. The molecule has 0 aliphatic carbocycles. The highest BCUT2D eigenvalue weighted by atomic mass is 19.1. The number of non-ortho nitro benzene ring substituents is 1. The Morgan fingerprint density at radius 2 is 2.00 bits per heavy atom. The average Bonchev–Trinajstić information content (AvgIpc) is 3.13. The van der Waals surface area contributed by atoms with Crippen molar-refractivity contribution in [1.82, 2.24) is 15.6 Å². The van der Waals surface area contributed by atoms with Gasteiger partial charge >= 0.3 is 0 Å². The Balaban J connectivity index is 1.66. The van der Waals surface area contributed by atoms with Crippen LogP contribution in [0.5, 0.6) is 0 Å². The number of rotatable bonds is 5. The van der Waals surface area contributed by atoms with Gasteiger partial charge in [-0.25, -0.2) is 9.82 Å². The molecule has 0 unspecified atom stereocenters. The Morgan fingerprint density at radius 3 is 2.73 bits per heavy atom. The third-order valence-electron chi connectivity index (χ3n) is 3.42.